The number of aromatic nitrogens is 1. The minimum atomic E-state index is -0.190. The van der Waals surface area contributed by atoms with E-state index >= 15 is 0 Å². The molecule has 1 aromatic carbocycles. The average Bonchev–Trinajstić information content (AvgIpc) is 3.31. The van der Waals surface area contributed by atoms with Crippen LogP contribution in [0.3, 0.4) is 0 Å². The summed E-state index contributed by atoms with van der Waals surface area (Å²) in [7, 11) is 3.17. The fourth-order valence-corrected chi connectivity index (χ4v) is 4.29. The molecule has 0 unspecified atom stereocenters. The minimum absolute atomic E-state index is 0.0881. The van der Waals surface area contributed by atoms with E-state index in [4.69, 9.17) is 19.9 Å². The van der Waals surface area contributed by atoms with Gasteiger partial charge in [0.2, 0.25) is 0 Å². The Kier molecular flexibility index (Phi) is 4.75. The third-order valence-corrected chi connectivity index (χ3v) is 5.85. The Morgan fingerprint density at radius 1 is 1.33 bits per heavy atom. The molecule has 1 atom stereocenters. The first-order chi connectivity index (χ1) is 13.1. The number of rotatable bonds is 5. The molecular formula is C19H21N3O4S. The monoisotopic (exact) mass is 387 g/mol. The fourth-order valence-electron chi connectivity index (χ4n) is 3.29. The Bertz CT molecular complexity index is 1010. The van der Waals surface area contributed by atoms with Crippen molar-refractivity contribution in [2.75, 3.05) is 33.1 Å². The van der Waals surface area contributed by atoms with Crippen molar-refractivity contribution in [3.05, 3.63) is 23.1 Å². The van der Waals surface area contributed by atoms with Gasteiger partial charge >= 0.3 is 0 Å². The van der Waals surface area contributed by atoms with Crippen LogP contribution in [0.2, 0.25) is 0 Å². The number of hydrogen-bond acceptors (Lipinski definition) is 7. The summed E-state index contributed by atoms with van der Waals surface area (Å²) in [6.07, 6.45) is 2.10. The molecule has 4 rings (SSSR count). The molecule has 3 N–H and O–H groups in total. The van der Waals surface area contributed by atoms with Gasteiger partial charge in [0, 0.05) is 30.0 Å². The van der Waals surface area contributed by atoms with Crippen LogP contribution < -0.4 is 20.5 Å². The van der Waals surface area contributed by atoms with E-state index < -0.39 is 0 Å². The molecule has 1 fully saturated rings. The summed E-state index contributed by atoms with van der Waals surface area (Å²) in [5, 5.41) is 4.56. The molecule has 1 saturated heterocycles. The standard InChI is InChI=1S/C19H21N3O4S/c1-24-14-7-10-6-12-16(20)17(18(23)21-9-11-4-3-5-26-11)27-19(12)22-13(10)8-15(14)25-2/h6-8,11H,3-5,9,20H2,1-2H3,(H,21,23)/t11-/m0/s1. The van der Waals surface area contributed by atoms with Crippen LogP contribution in [0.1, 0.15) is 22.5 Å². The van der Waals surface area contributed by atoms with Crippen LogP contribution in [0.5, 0.6) is 11.5 Å². The highest BCUT2D eigenvalue weighted by Gasteiger charge is 2.21. The van der Waals surface area contributed by atoms with Gasteiger partial charge in [-0.1, -0.05) is 0 Å². The molecule has 1 aliphatic rings. The molecule has 8 heteroatoms. The van der Waals surface area contributed by atoms with Crippen LogP contribution in [-0.2, 0) is 4.74 Å². The number of nitrogens with zero attached hydrogens (tertiary/aromatic N) is 1. The maximum atomic E-state index is 12.6. The lowest BCUT2D eigenvalue weighted by atomic mass is 10.1. The van der Waals surface area contributed by atoms with Crippen molar-refractivity contribution in [3.8, 4) is 11.5 Å². The van der Waals surface area contributed by atoms with E-state index in [0.29, 0.717) is 28.6 Å². The molecule has 0 radical (unpaired) electrons. The summed E-state index contributed by atoms with van der Waals surface area (Å²) in [5.41, 5.74) is 7.47. The third-order valence-electron chi connectivity index (χ3n) is 4.74. The van der Waals surface area contributed by atoms with Crippen molar-refractivity contribution in [1.82, 2.24) is 10.3 Å². The number of benzene rings is 1. The lowest BCUT2D eigenvalue weighted by Crippen LogP contribution is -2.31. The Labute approximate surface area is 160 Å². The maximum Gasteiger partial charge on any atom is 0.263 e. The number of anilines is 1. The molecule has 0 aliphatic carbocycles. The number of fused-ring (bicyclic) bond motifs is 2. The molecule has 7 nitrogen and oxygen atoms in total. The van der Waals surface area contributed by atoms with Gasteiger partial charge in [0.25, 0.3) is 5.91 Å². The molecule has 0 saturated carbocycles. The SMILES string of the molecule is COc1cc2cc3c(N)c(C(=O)NC[C@@H]4CCCO4)sc3nc2cc1OC. The normalized spacial score (nSPS) is 16.7. The van der Waals surface area contributed by atoms with Gasteiger partial charge in [-0.05, 0) is 25.0 Å². The van der Waals surface area contributed by atoms with Crippen molar-refractivity contribution < 1.29 is 19.0 Å². The number of ether oxygens (including phenoxy) is 3. The highest BCUT2D eigenvalue weighted by atomic mass is 32.1. The molecule has 1 amide bonds. The van der Waals surface area contributed by atoms with E-state index in [1.54, 1.807) is 14.2 Å². The molecule has 0 spiro atoms. The Balaban J connectivity index is 1.69. The van der Waals surface area contributed by atoms with Crippen LogP contribution in [0.25, 0.3) is 21.1 Å². The Morgan fingerprint density at radius 2 is 2.11 bits per heavy atom. The number of thiophene rings is 1. The quantitative estimate of drug-likeness (QED) is 0.699. The second kappa shape index (κ2) is 7.21. The van der Waals surface area contributed by atoms with Gasteiger partial charge in [0.1, 0.15) is 9.71 Å². The summed E-state index contributed by atoms with van der Waals surface area (Å²) >= 11 is 1.29. The topological polar surface area (TPSA) is 95.7 Å². The van der Waals surface area contributed by atoms with E-state index in [1.165, 1.54) is 11.3 Å². The lowest BCUT2D eigenvalue weighted by Gasteiger charge is -2.10. The average molecular weight is 387 g/mol. The third kappa shape index (κ3) is 3.26. The van der Waals surface area contributed by atoms with Crippen LogP contribution >= 0.6 is 11.3 Å². The number of nitrogens with one attached hydrogen (secondary N) is 1. The van der Waals surface area contributed by atoms with Gasteiger partial charge in [-0.3, -0.25) is 4.79 Å². The maximum absolute atomic E-state index is 12.6. The predicted molar refractivity (Wildman–Crippen MR) is 106 cm³/mol. The van der Waals surface area contributed by atoms with E-state index in [9.17, 15) is 4.79 Å². The summed E-state index contributed by atoms with van der Waals surface area (Å²) in [6, 6.07) is 5.61. The smallest absolute Gasteiger partial charge is 0.263 e. The lowest BCUT2D eigenvalue weighted by molar-refractivity contribution is 0.0862. The molecule has 0 bridgehead atoms. The number of hydrogen-bond donors (Lipinski definition) is 2. The van der Waals surface area contributed by atoms with Crippen molar-refractivity contribution in [2.45, 2.75) is 18.9 Å². The number of nitrogen functional groups attached to an aromatic ring is 1. The van der Waals surface area contributed by atoms with Gasteiger partial charge in [-0.25, -0.2) is 4.98 Å². The first-order valence-corrected chi connectivity index (χ1v) is 9.57. The highest BCUT2D eigenvalue weighted by Crippen LogP contribution is 2.37. The zero-order valence-corrected chi connectivity index (χ0v) is 16.0. The van der Waals surface area contributed by atoms with E-state index in [0.717, 1.165) is 40.6 Å². The van der Waals surface area contributed by atoms with Crippen molar-refractivity contribution >= 4 is 44.1 Å². The second-order valence-electron chi connectivity index (χ2n) is 6.43. The van der Waals surface area contributed by atoms with Crippen molar-refractivity contribution in [1.29, 1.82) is 0 Å². The number of carbonyl (C=O) groups excluding carboxylic acids is 1. The minimum Gasteiger partial charge on any atom is -0.493 e. The molecule has 1 aliphatic heterocycles. The van der Waals surface area contributed by atoms with Crippen LogP contribution in [-0.4, -0.2) is 44.4 Å². The van der Waals surface area contributed by atoms with Gasteiger partial charge < -0.3 is 25.3 Å². The molecule has 3 aromatic rings. The van der Waals surface area contributed by atoms with Gasteiger partial charge in [0.15, 0.2) is 11.5 Å². The highest BCUT2D eigenvalue weighted by molar-refractivity contribution is 7.21. The number of pyridine rings is 1. The Hall–Kier alpha value is -2.58. The summed E-state index contributed by atoms with van der Waals surface area (Å²) < 4.78 is 16.2. The summed E-state index contributed by atoms with van der Waals surface area (Å²) in [5.74, 6) is 1.04. The molecule has 27 heavy (non-hydrogen) atoms. The number of methoxy groups -OCH3 is 2. The van der Waals surface area contributed by atoms with Gasteiger partial charge in [-0.2, -0.15) is 0 Å². The molecule has 3 heterocycles. The number of nitrogens with two attached hydrogens (primary N) is 1. The first-order valence-electron chi connectivity index (χ1n) is 8.75. The van der Waals surface area contributed by atoms with Crippen LogP contribution in [0, 0.1) is 0 Å². The fraction of sp³-hybridized carbons (Fsp3) is 0.368. The zero-order chi connectivity index (χ0) is 19.0. The first kappa shape index (κ1) is 17.8. The molecular weight excluding hydrogens is 366 g/mol. The molecule has 142 valence electrons. The van der Waals surface area contributed by atoms with E-state index in [1.807, 2.05) is 18.2 Å². The largest absolute Gasteiger partial charge is 0.493 e. The molecule has 2 aromatic heterocycles. The Morgan fingerprint density at radius 3 is 2.81 bits per heavy atom. The second-order valence-corrected chi connectivity index (χ2v) is 7.43. The number of amides is 1. The number of carbonyl (C=O) groups is 1. The summed E-state index contributed by atoms with van der Waals surface area (Å²) in [6.45, 7) is 1.26. The van der Waals surface area contributed by atoms with E-state index in [2.05, 4.69) is 10.3 Å². The van der Waals surface area contributed by atoms with Crippen LogP contribution in [0.4, 0.5) is 5.69 Å². The van der Waals surface area contributed by atoms with E-state index in [-0.39, 0.29) is 12.0 Å². The zero-order valence-electron chi connectivity index (χ0n) is 15.2. The van der Waals surface area contributed by atoms with Crippen molar-refractivity contribution in [2.24, 2.45) is 0 Å². The van der Waals surface area contributed by atoms with Crippen molar-refractivity contribution in [3.63, 3.8) is 0 Å². The van der Waals surface area contributed by atoms with Gasteiger partial charge in [-0.15, -0.1) is 11.3 Å². The van der Waals surface area contributed by atoms with Gasteiger partial charge in [0.05, 0.1) is 31.5 Å². The summed E-state index contributed by atoms with van der Waals surface area (Å²) in [4.78, 5) is 18.4. The predicted octanol–water partition coefficient (Wildman–Crippen LogP) is 2.96. The van der Waals surface area contributed by atoms with Crippen LogP contribution in [0.15, 0.2) is 18.2 Å².